The maximum absolute atomic E-state index is 8.58. The van der Waals surface area contributed by atoms with Gasteiger partial charge in [-0.25, -0.2) is 9.97 Å². The van der Waals surface area contributed by atoms with Crippen molar-refractivity contribution in [3.05, 3.63) is 17.2 Å². The minimum Gasteiger partial charge on any atom is -0.273 e. The average Bonchev–Trinajstić information content (AvgIpc) is 2.46. The molecule has 5 nitrogen and oxygen atoms in total. The van der Waals surface area contributed by atoms with Crippen molar-refractivity contribution in [1.29, 1.82) is 5.26 Å². The largest absolute Gasteiger partial charge is 0.273 e. The first-order valence-corrected chi connectivity index (χ1v) is 3.46. The summed E-state index contributed by atoms with van der Waals surface area (Å²) in [6.45, 7) is 0. The lowest BCUT2D eigenvalue weighted by molar-refractivity contribution is 1.09. The van der Waals surface area contributed by atoms with Crippen LogP contribution in [-0.4, -0.2) is 20.2 Å². The minimum absolute atomic E-state index is 0.111. The second-order valence-corrected chi connectivity index (χ2v) is 2.42. The predicted octanol–water partition coefficient (Wildman–Crippen LogP) is 0.878. The number of rotatable bonds is 0. The monoisotopic (exact) mass is 179 g/mol. The Morgan fingerprint density at radius 3 is 3.17 bits per heavy atom. The van der Waals surface area contributed by atoms with Crippen LogP contribution in [0.15, 0.2) is 6.20 Å². The molecule has 58 valence electrons. The fourth-order valence-electron chi connectivity index (χ4n) is 0.870. The Labute approximate surface area is 72.0 Å². The van der Waals surface area contributed by atoms with Crippen molar-refractivity contribution in [2.45, 2.75) is 0 Å². The smallest absolute Gasteiger partial charge is 0.223 e. The van der Waals surface area contributed by atoms with Crippen LogP contribution in [-0.2, 0) is 0 Å². The lowest BCUT2D eigenvalue weighted by atomic mass is 10.4. The molecular formula is C6H2ClN5. The molecule has 1 N–H and O–H groups in total. The third-order valence-corrected chi connectivity index (χ3v) is 1.56. The van der Waals surface area contributed by atoms with E-state index in [0.29, 0.717) is 11.0 Å². The van der Waals surface area contributed by atoms with Crippen LogP contribution in [0.5, 0.6) is 0 Å². The number of aromatic nitrogens is 4. The zero-order valence-electron chi connectivity index (χ0n) is 5.74. The Morgan fingerprint density at radius 1 is 1.58 bits per heavy atom. The van der Waals surface area contributed by atoms with Crippen molar-refractivity contribution in [1.82, 2.24) is 20.2 Å². The average molecular weight is 180 g/mol. The molecule has 0 fully saturated rings. The van der Waals surface area contributed by atoms with E-state index >= 15 is 0 Å². The zero-order valence-corrected chi connectivity index (χ0v) is 6.50. The van der Waals surface area contributed by atoms with Crippen LogP contribution in [0.3, 0.4) is 0 Å². The molecule has 12 heavy (non-hydrogen) atoms. The first-order chi connectivity index (χ1) is 5.81. The van der Waals surface area contributed by atoms with Crippen LogP contribution in [0.25, 0.3) is 11.0 Å². The van der Waals surface area contributed by atoms with Gasteiger partial charge >= 0.3 is 0 Å². The Bertz CT molecular complexity index is 468. The third kappa shape index (κ3) is 0.898. The van der Waals surface area contributed by atoms with Crippen LogP contribution in [0.4, 0.5) is 0 Å². The van der Waals surface area contributed by atoms with Gasteiger partial charge in [-0.1, -0.05) is 0 Å². The molecule has 0 aliphatic rings. The normalized spacial score (nSPS) is 10.0. The summed E-state index contributed by atoms with van der Waals surface area (Å²) in [5, 5.41) is 15.0. The number of fused-ring (bicyclic) bond motifs is 1. The lowest BCUT2D eigenvalue weighted by Crippen LogP contribution is -1.82. The second-order valence-electron chi connectivity index (χ2n) is 2.09. The molecule has 0 saturated carbocycles. The van der Waals surface area contributed by atoms with Crippen LogP contribution in [0.2, 0.25) is 5.28 Å². The van der Waals surface area contributed by atoms with Crippen molar-refractivity contribution in [2.24, 2.45) is 0 Å². The van der Waals surface area contributed by atoms with Gasteiger partial charge in [0, 0.05) is 0 Å². The maximum Gasteiger partial charge on any atom is 0.223 e. The highest BCUT2D eigenvalue weighted by atomic mass is 35.5. The van der Waals surface area contributed by atoms with E-state index in [1.54, 1.807) is 0 Å². The summed E-state index contributed by atoms with van der Waals surface area (Å²) >= 11 is 5.53. The van der Waals surface area contributed by atoms with Crippen molar-refractivity contribution in [3.63, 3.8) is 0 Å². The molecule has 0 radical (unpaired) electrons. The van der Waals surface area contributed by atoms with Crippen molar-refractivity contribution in [3.8, 4) is 6.07 Å². The van der Waals surface area contributed by atoms with E-state index in [9.17, 15) is 0 Å². The van der Waals surface area contributed by atoms with Gasteiger partial charge in [-0.2, -0.15) is 10.4 Å². The summed E-state index contributed by atoms with van der Waals surface area (Å²) in [7, 11) is 0. The summed E-state index contributed by atoms with van der Waals surface area (Å²) < 4.78 is 0. The number of nitrogens with one attached hydrogen (secondary N) is 1. The molecule has 0 unspecified atom stereocenters. The maximum atomic E-state index is 8.58. The third-order valence-electron chi connectivity index (χ3n) is 1.38. The van der Waals surface area contributed by atoms with E-state index < -0.39 is 0 Å². The summed E-state index contributed by atoms with van der Waals surface area (Å²) in [6, 6.07) is 1.89. The molecule has 0 aromatic carbocycles. The van der Waals surface area contributed by atoms with E-state index in [-0.39, 0.29) is 11.0 Å². The number of nitriles is 1. The SMILES string of the molecule is N#Cc1n[nH]c2cnc(Cl)nc12. The molecule has 2 aromatic heterocycles. The molecule has 0 aliphatic heterocycles. The summed E-state index contributed by atoms with van der Waals surface area (Å²) in [4.78, 5) is 7.57. The van der Waals surface area contributed by atoms with Crippen LogP contribution in [0, 0.1) is 11.3 Å². The number of halogens is 1. The van der Waals surface area contributed by atoms with Crippen LogP contribution >= 0.6 is 11.6 Å². The molecule has 6 heteroatoms. The molecule has 0 saturated heterocycles. The number of hydrogen-bond donors (Lipinski definition) is 1. The Morgan fingerprint density at radius 2 is 2.42 bits per heavy atom. The number of nitrogens with zero attached hydrogens (tertiary/aromatic N) is 4. The van der Waals surface area contributed by atoms with Crippen molar-refractivity contribution in [2.75, 3.05) is 0 Å². The molecule has 2 rings (SSSR count). The van der Waals surface area contributed by atoms with E-state index in [1.807, 2.05) is 6.07 Å². The molecule has 2 aromatic rings. The first kappa shape index (κ1) is 7.00. The summed E-state index contributed by atoms with van der Waals surface area (Å²) in [6.07, 6.45) is 1.48. The Kier molecular flexibility index (Phi) is 1.42. The van der Waals surface area contributed by atoms with E-state index in [4.69, 9.17) is 16.9 Å². The number of H-pyrrole nitrogens is 1. The minimum atomic E-state index is 0.111. The van der Waals surface area contributed by atoms with Gasteiger partial charge in [-0.15, -0.1) is 0 Å². The number of aromatic amines is 1. The predicted molar refractivity (Wildman–Crippen MR) is 41.4 cm³/mol. The molecule has 0 aliphatic carbocycles. The van der Waals surface area contributed by atoms with Gasteiger partial charge in [0.25, 0.3) is 0 Å². The Balaban J connectivity index is 2.86. The van der Waals surface area contributed by atoms with Gasteiger partial charge in [0.15, 0.2) is 5.69 Å². The Hall–Kier alpha value is -1.67. The van der Waals surface area contributed by atoms with Gasteiger partial charge in [-0.3, -0.25) is 5.10 Å². The lowest BCUT2D eigenvalue weighted by Gasteiger charge is -1.87. The van der Waals surface area contributed by atoms with E-state index in [1.165, 1.54) is 6.20 Å². The highest BCUT2D eigenvalue weighted by Gasteiger charge is 2.06. The molecule has 0 atom stereocenters. The second kappa shape index (κ2) is 2.43. The fourth-order valence-corrected chi connectivity index (χ4v) is 1.00. The molecule has 0 bridgehead atoms. The quantitative estimate of drug-likeness (QED) is 0.609. The molecular weight excluding hydrogens is 178 g/mol. The highest BCUT2D eigenvalue weighted by molar-refractivity contribution is 6.28. The first-order valence-electron chi connectivity index (χ1n) is 3.08. The molecule has 2 heterocycles. The van der Waals surface area contributed by atoms with Crippen LogP contribution in [0.1, 0.15) is 5.69 Å². The topological polar surface area (TPSA) is 78.2 Å². The standard InChI is InChI=1S/C6H2ClN5/c7-6-9-2-4-5(10-6)3(1-8)11-12-4/h2H,(H,11,12). The fraction of sp³-hybridized carbons (Fsp3) is 0. The van der Waals surface area contributed by atoms with Gasteiger partial charge < -0.3 is 0 Å². The molecule has 0 amide bonds. The van der Waals surface area contributed by atoms with Crippen molar-refractivity contribution >= 4 is 22.6 Å². The van der Waals surface area contributed by atoms with Gasteiger partial charge in [0.05, 0.1) is 6.20 Å². The van der Waals surface area contributed by atoms with Crippen LogP contribution < -0.4 is 0 Å². The van der Waals surface area contributed by atoms with Gasteiger partial charge in [-0.05, 0) is 11.6 Å². The van der Waals surface area contributed by atoms with E-state index in [2.05, 4.69) is 20.2 Å². The van der Waals surface area contributed by atoms with Crippen molar-refractivity contribution < 1.29 is 0 Å². The summed E-state index contributed by atoms with van der Waals surface area (Å²) in [5.74, 6) is 0. The molecule has 0 spiro atoms. The van der Waals surface area contributed by atoms with Gasteiger partial charge in [0.1, 0.15) is 17.1 Å². The van der Waals surface area contributed by atoms with E-state index in [0.717, 1.165) is 0 Å². The highest BCUT2D eigenvalue weighted by Crippen LogP contribution is 2.12. The summed E-state index contributed by atoms with van der Waals surface area (Å²) in [5.41, 5.74) is 1.29. The zero-order chi connectivity index (χ0) is 8.55. The number of hydrogen-bond acceptors (Lipinski definition) is 4. The van der Waals surface area contributed by atoms with Gasteiger partial charge in [0.2, 0.25) is 5.28 Å².